The van der Waals surface area contributed by atoms with E-state index in [1.54, 1.807) is 0 Å². The van der Waals surface area contributed by atoms with Crippen LogP contribution in [0.5, 0.6) is 0 Å². The van der Waals surface area contributed by atoms with Gasteiger partial charge in [-0.1, -0.05) is 13.8 Å². The zero-order chi connectivity index (χ0) is 20.3. The van der Waals surface area contributed by atoms with Crippen molar-refractivity contribution in [2.45, 2.75) is 52.4 Å². The van der Waals surface area contributed by atoms with E-state index in [9.17, 15) is 14.4 Å². The summed E-state index contributed by atoms with van der Waals surface area (Å²) in [5.74, 6) is 0.779. The lowest BCUT2D eigenvalue weighted by molar-refractivity contribution is -0.142. The minimum atomic E-state index is -0.350. The summed E-state index contributed by atoms with van der Waals surface area (Å²) in [6.45, 7) is 7.23. The molecule has 2 saturated heterocycles. The number of amides is 2. The van der Waals surface area contributed by atoms with Crippen molar-refractivity contribution in [2.24, 2.45) is 11.3 Å². The van der Waals surface area contributed by atoms with Crippen molar-refractivity contribution in [1.82, 2.24) is 19.8 Å². The topological polar surface area (TPSA) is 112 Å². The number of nitrogen functional groups attached to an aromatic ring is 1. The van der Waals surface area contributed by atoms with E-state index in [4.69, 9.17) is 5.73 Å². The van der Waals surface area contributed by atoms with Crippen molar-refractivity contribution in [3.63, 3.8) is 0 Å². The molecule has 3 N–H and O–H groups in total. The van der Waals surface area contributed by atoms with Crippen LogP contribution in [0.25, 0.3) is 0 Å². The molecule has 0 aromatic carbocycles. The van der Waals surface area contributed by atoms with E-state index in [2.05, 4.69) is 23.8 Å². The SMILES string of the molecule is CC(C)CCN1C[C@]2(CCCN(C(=O)Cc3cc(=O)[nH]c(N)n3)C2)CCC1=O. The molecule has 0 unspecified atom stereocenters. The zero-order valence-electron chi connectivity index (χ0n) is 16.9. The average Bonchev–Trinajstić information content (AvgIpc) is 2.62. The van der Waals surface area contributed by atoms with Crippen molar-refractivity contribution in [3.05, 3.63) is 22.1 Å². The van der Waals surface area contributed by atoms with Gasteiger partial charge >= 0.3 is 0 Å². The smallest absolute Gasteiger partial charge is 0.252 e. The van der Waals surface area contributed by atoms with Crippen LogP contribution in [0, 0.1) is 11.3 Å². The molecule has 0 saturated carbocycles. The number of nitrogens with two attached hydrogens (primary N) is 1. The van der Waals surface area contributed by atoms with Crippen LogP contribution in [0.15, 0.2) is 10.9 Å². The Hall–Kier alpha value is -2.38. The van der Waals surface area contributed by atoms with Crippen LogP contribution in [0.1, 0.15) is 51.6 Å². The lowest BCUT2D eigenvalue weighted by atomic mass is 9.73. The molecule has 1 aromatic rings. The van der Waals surface area contributed by atoms with E-state index in [0.29, 0.717) is 31.1 Å². The van der Waals surface area contributed by atoms with Gasteiger partial charge in [0.2, 0.25) is 17.8 Å². The van der Waals surface area contributed by atoms with Gasteiger partial charge < -0.3 is 15.5 Å². The van der Waals surface area contributed by atoms with E-state index >= 15 is 0 Å². The quantitative estimate of drug-likeness (QED) is 0.785. The second-order valence-corrected chi connectivity index (χ2v) is 8.72. The number of carbonyl (C=O) groups is 2. The fourth-order valence-corrected chi connectivity index (χ4v) is 4.36. The van der Waals surface area contributed by atoms with Crippen molar-refractivity contribution in [2.75, 3.05) is 31.9 Å². The van der Waals surface area contributed by atoms with Crippen LogP contribution >= 0.6 is 0 Å². The second-order valence-electron chi connectivity index (χ2n) is 8.72. The van der Waals surface area contributed by atoms with Crippen molar-refractivity contribution < 1.29 is 9.59 Å². The van der Waals surface area contributed by atoms with E-state index in [-0.39, 0.29) is 35.2 Å². The molecular weight excluding hydrogens is 358 g/mol. The van der Waals surface area contributed by atoms with Gasteiger partial charge in [0, 0.05) is 44.1 Å². The van der Waals surface area contributed by atoms with Gasteiger partial charge in [-0.25, -0.2) is 4.98 Å². The number of rotatable bonds is 5. The predicted octanol–water partition coefficient (Wildman–Crippen LogP) is 1.17. The second kappa shape index (κ2) is 8.32. The Bertz CT molecular complexity index is 790. The highest BCUT2D eigenvalue weighted by Crippen LogP contribution is 2.39. The summed E-state index contributed by atoms with van der Waals surface area (Å²) >= 11 is 0. The highest BCUT2D eigenvalue weighted by atomic mass is 16.2. The largest absolute Gasteiger partial charge is 0.369 e. The number of carbonyl (C=O) groups excluding carboxylic acids is 2. The van der Waals surface area contributed by atoms with E-state index in [1.165, 1.54) is 6.07 Å². The molecule has 2 fully saturated rings. The molecule has 3 heterocycles. The van der Waals surface area contributed by atoms with E-state index in [0.717, 1.165) is 38.8 Å². The molecule has 2 amide bonds. The molecule has 0 aliphatic carbocycles. The molecule has 0 radical (unpaired) electrons. The number of aromatic nitrogens is 2. The number of piperidine rings is 2. The Morgan fingerprint density at radius 3 is 2.82 bits per heavy atom. The Labute approximate surface area is 165 Å². The molecule has 8 nitrogen and oxygen atoms in total. The van der Waals surface area contributed by atoms with Crippen LogP contribution in [0.2, 0.25) is 0 Å². The van der Waals surface area contributed by atoms with Crippen LogP contribution < -0.4 is 11.3 Å². The summed E-state index contributed by atoms with van der Waals surface area (Å²) in [5, 5.41) is 0. The van der Waals surface area contributed by atoms with Gasteiger partial charge in [-0.15, -0.1) is 0 Å². The Balaban J connectivity index is 1.66. The fourth-order valence-electron chi connectivity index (χ4n) is 4.36. The molecular formula is C20H31N5O3. The first-order chi connectivity index (χ1) is 13.3. The first-order valence-corrected chi connectivity index (χ1v) is 10.2. The van der Waals surface area contributed by atoms with Gasteiger partial charge in [0.15, 0.2) is 0 Å². The molecule has 0 bridgehead atoms. The molecule has 1 spiro atoms. The third kappa shape index (κ3) is 4.91. The maximum Gasteiger partial charge on any atom is 0.252 e. The van der Waals surface area contributed by atoms with Crippen molar-refractivity contribution >= 4 is 17.8 Å². The highest BCUT2D eigenvalue weighted by Gasteiger charge is 2.42. The van der Waals surface area contributed by atoms with Gasteiger partial charge in [-0.3, -0.25) is 19.4 Å². The number of aromatic amines is 1. The summed E-state index contributed by atoms with van der Waals surface area (Å²) in [7, 11) is 0. The Kier molecular flexibility index (Phi) is 6.05. The Morgan fingerprint density at radius 2 is 2.11 bits per heavy atom. The molecule has 154 valence electrons. The highest BCUT2D eigenvalue weighted by molar-refractivity contribution is 5.79. The molecule has 1 aromatic heterocycles. The van der Waals surface area contributed by atoms with Gasteiger partial charge in [0.25, 0.3) is 5.56 Å². The number of hydrogen-bond acceptors (Lipinski definition) is 5. The third-order valence-corrected chi connectivity index (χ3v) is 5.88. The van der Waals surface area contributed by atoms with Crippen LogP contribution in [0.4, 0.5) is 5.95 Å². The average molecular weight is 390 g/mol. The predicted molar refractivity (Wildman–Crippen MR) is 106 cm³/mol. The van der Waals surface area contributed by atoms with E-state index in [1.807, 2.05) is 9.80 Å². The molecule has 2 aliphatic heterocycles. The lowest BCUT2D eigenvalue weighted by Crippen LogP contribution is -2.55. The minimum Gasteiger partial charge on any atom is -0.369 e. The summed E-state index contributed by atoms with van der Waals surface area (Å²) in [6, 6.07) is 1.32. The third-order valence-electron chi connectivity index (χ3n) is 5.88. The number of H-pyrrole nitrogens is 1. The molecule has 1 atom stereocenters. The monoisotopic (exact) mass is 389 g/mol. The fraction of sp³-hybridized carbons (Fsp3) is 0.700. The summed E-state index contributed by atoms with van der Waals surface area (Å²) in [6.07, 6.45) is 4.44. The maximum atomic E-state index is 12.8. The number of likely N-dealkylation sites (tertiary alicyclic amines) is 2. The van der Waals surface area contributed by atoms with Crippen molar-refractivity contribution in [1.29, 1.82) is 0 Å². The summed E-state index contributed by atoms with van der Waals surface area (Å²) < 4.78 is 0. The number of nitrogens with zero attached hydrogens (tertiary/aromatic N) is 3. The summed E-state index contributed by atoms with van der Waals surface area (Å²) in [4.78, 5) is 47.0. The first-order valence-electron chi connectivity index (χ1n) is 10.2. The minimum absolute atomic E-state index is 0.0145. The summed E-state index contributed by atoms with van der Waals surface area (Å²) in [5.41, 5.74) is 5.60. The van der Waals surface area contributed by atoms with Crippen LogP contribution in [-0.4, -0.2) is 57.8 Å². The van der Waals surface area contributed by atoms with Crippen LogP contribution in [0.3, 0.4) is 0 Å². The molecule has 8 heteroatoms. The van der Waals surface area contributed by atoms with Gasteiger partial charge in [-0.2, -0.15) is 0 Å². The maximum absolute atomic E-state index is 12.8. The number of nitrogens with one attached hydrogen (secondary N) is 1. The van der Waals surface area contributed by atoms with Gasteiger partial charge in [-0.05, 0) is 31.6 Å². The van der Waals surface area contributed by atoms with Gasteiger partial charge in [0.1, 0.15) is 0 Å². The number of anilines is 1. The zero-order valence-corrected chi connectivity index (χ0v) is 16.9. The van der Waals surface area contributed by atoms with E-state index < -0.39 is 0 Å². The molecule has 3 rings (SSSR count). The standard InChI is InChI=1S/C20H31N5O3/c1-14(2)5-9-25-13-20(7-4-17(25)27)6-3-8-24(12-20)18(28)11-15-10-16(26)23-19(21)22-15/h10,14H,3-9,11-13H2,1-2H3,(H3,21,22,23,26)/t20-/m1/s1. The van der Waals surface area contributed by atoms with Crippen molar-refractivity contribution in [3.8, 4) is 0 Å². The first kappa shape index (κ1) is 20.4. The molecule has 2 aliphatic rings. The van der Waals surface area contributed by atoms with Gasteiger partial charge in [0.05, 0.1) is 12.1 Å². The molecule has 28 heavy (non-hydrogen) atoms. The number of hydrogen-bond donors (Lipinski definition) is 2. The lowest BCUT2D eigenvalue weighted by Gasteiger charge is -2.48. The normalized spacial score (nSPS) is 22.9. The Morgan fingerprint density at radius 1 is 1.32 bits per heavy atom. The van der Waals surface area contributed by atoms with Crippen LogP contribution in [-0.2, 0) is 16.0 Å².